The van der Waals surface area contributed by atoms with Crippen molar-refractivity contribution >= 4 is 21.5 Å². The lowest BCUT2D eigenvalue weighted by Gasteiger charge is -2.25. The highest BCUT2D eigenvalue weighted by Crippen LogP contribution is 2.50. The Hall–Kier alpha value is -1.56. The lowest BCUT2D eigenvalue weighted by atomic mass is 9.81. The number of hydrogen-bond acceptors (Lipinski definition) is 4. The Balaban J connectivity index is 2.00. The van der Waals surface area contributed by atoms with Crippen molar-refractivity contribution in [3.8, 4) is 0 Å². The van der Waals surface area contributed by atoms with E-state index in [1.807, 2.05) is 11.0 Å². The van der Waals surface area contributed by atoms with Gasteiger partial charge in [0.1, 0.15) is 0 Å². The first-order chi connectivity index (χ1) is 10.4. The first-order valence-corrected chi connectivity index (χ1v) is 9.36. The van der Waals surface area contributed by atoms with Crippen LogP contribution in [0, 0.1) is 11.3 Å². The van der Waals surface area contributed by atoms with E-state index < -0.39 is 21.2 Å². The quantitative estimate of drug-likeness (QED) is 0.919. The summed E-state index contributed by atoms with van der Waals surface area (Å²) in [6.07, 6.45) is 2.54. The number of fused-ring (bicyclic) bond motifs is 1. The van der Waals surface area contributed by atoms with E-state index in [9.17, 15) is 18.3 Å². The molecule has 0 spiro atoms. The molecule has 120 valence electrons. The Morgan fingerprint density at radius 3 is 2.77 bits per heavy atom. The molecule has 0 radical (unpaired) electrons. The third kappa shape index (κ3) is 2.20. The van der Waals surface area contributed by atoms with Crippen LogP contribution in [-0.4, -0.2) is 38.3 Å². The molecule has 1 heterocycles. The molecule has 3 rings (SSSR count). The van der Waals surface area contributed by atoms with Crippen molar-refractivity contribution in [1.82, 2.24) is 0 Å². The number of sulfone groups is 1. The molecule has 5 nitrogen and oxygen atoms in total. The van der Waals surface area contributed by atoms with E-state index in [0.29, 0.717) is 30.1 Å². The number of benzene rings is 1. The number of para-hydroxylation sites is 1. The molecule has 2 fully saturated rings. The molecule has 1 saturated carbocycles. The summed E-state index contributed by atoms with van der Waals surface area (Å²) in [6, 6.07) is 6.94. The minimum absolute atomic E-state index is 0.0470. The van der Waals surface area contributed by atoms with Crippen LogP contribution in [-0.2, 0) is 14.6 Å². The second-order valence-electron chi connectivity index (χ2n) is 6.30. The van der Waals surface area contributed by atoms with Gasteiger partial charge in [-0.3, -0.25) is 4.79 Å². The average Bonchev–Trinajstić information content (AvgIpc) is 3.05. The lowest BCUT2D eigenvalue weighted by Crippen LogP contribution is -2.35. The highest BCUT2D eigenvalue weighted by molar-refractivity contribution is 7.91. The molecule has 1 aliphatic carbocycles. The molecule has 1 saturated heterocycles. The maximum atomic E-state index is 12.3. The summed E-state index contributed by atoms with van der Waals surface area (Å²) < 4.78 is 24.6. The molecule has 1 aromatic carbocycles. The molecular weight excluding hydrogens is 302 g/mol. The number of hydrogen-bond donors (Lipinski definition) is 1. The van der Waals surface area contributed by atoms with Gasteiger partial charge in [-0.2, -0.15) is 0 Å². The van der Waals surface area contributed by atoms with Crippen LogP contribution in [0.3, 0.4) is 0 Å². The van der Waals surface area contributed by atoms with Crippen molar-refractivity contribution in [2.75, 3.05) is 23.7 Å². The number of aliphatic carboxylic acids is 1. The fourth-order valence-corrected chi connectivity index (χ4v) is 5.07. The summed E-state index contributed by atoms with van der Waals surface area (Å²) in [6.45, 7) is 2.66. The first-order valence-electron chi connectivity index (χ1n) is 7.71. The van der Waals surface area contributed by atoms with Gasteiger partial charge in [-0.15, -0.1) is 0 Å². The normalized spacial score (nSPS) is 27.9. The van der Waals surface area contributed by atoms with Crippen molar-refractivity contribution in [3.05, 3.63) is 24.3 Å². The zero-order valence-corrected chi connectivity index (χ0v) is 13.5. The average molecular weight is 323 g/mol. The first kappa shape index (κ1) is 15.3. The number of carbonyl (C=O) groups is 1. The molecule has 0 unspecified atom stereocenters. The summed E-state index contributed by atoms with van der Waals surface area (Å²) in [5.74, 6) is -0.582. The SMILES string of the molecule is CCS(=O)(=O)c1ccccc1N1C[C@@H]2CCC[C@@]2(C(=O)O)C1. The highest BCUT2D eigenvalue weighted by Gasteiger charge is 2.55. The Morgan fingerprint density at radius 1 is 1.41 bits per heavy atom. The summed E-state index contributed by atoms with van der Waals surface area (Å²) in [4.78, 5) is 14.1. The van der Waals surface area contributed by atoms with Crippen molar-refractivity contribution in [1.29, 1.82) is 0 Å². The minimum Gasteiger partial charge on any atom is -0.481 e. The van der Waals surface area contributed by atoms with E-state index in [2.05, 4.69) is 0 Å². The monoisotopic (exact) mass is 323 g/mol. The van der Waals surface area contributed by atoms with E-state index >= 15 is 0 Å². The largest absolute Gasteiger partial charge is 0.481 e. The standard InChI is InChI=1S/C16H21NO4S/c1-2-22(20,21)14-8-4-3-7-13(14)17-10-12-6-5-9-16(12,11-17)15(18)19/h3-4,7-8,12H,2,5-6,9-11H2,1H3,(H,18,19)/t12-,16+/m0/s1. The highest BCUT2D eigenvalue weighted by atomic mass is 32.2. The lowest BCUT2D eigenvalue weighted by molar-refractivity contribution is -0.149. The zero-order chi connectivity index (χ0) is 16.0. The van der Waals surface area contributed by atoms with Gasteiger partial charge in [0.05, 0.1) is 21.8 Å². The molecule has 0 aromatic heterocycles. The molecule has 1 aromatic rings. The smallest absolute Gasteiger partial charge is 0.311 e. The van der Waals surface area contributed by atoms with Crippen LogP contribution in [0.2, 0.25) is 0 Å². The summed E-state index contributed by atoms with van der Waals surface area (Å²) in [7, 11) is -3.32. The predicted octanol–water partition coefficient (Wildman–Crippen LogP) is 2.17. The van der Waals surface area contributed by atoms with Crippen molar-refractivity contribution in [2.24, 2.45) is 11.3 Å². The maximum Gasteiger partial charge on any atom is 0.311 e. The van der Waals surface area contributed by atoms with Gasteiger partial charge >= 0.3 is 5.97 Å². The Labute approximate surface area is 130 Å². The summed E-state index contributed by atoms with van der Waals surface area (Å²) in [5, 5.41) is 9.67. The molecular formula is C16H21NO4S. The van der Waals surface area contributed by atoms with Crippen LogP contribution in [0.5, 0.6) is 0 Å². The molecule has 0 amide bonds. The van der Waals surface area contributed by atoms with Crippen molar-refractivity contribution in [2.45, 2.75) is 31.1 Å². The van der Waals surface area contributed by atoms with Gasteiger partial charge in [0.15, 0.2) is 9.84 Å². The predicted molar refractivity (Wildman–Crippen MR) is 83.8 cm³/mol. The second kappa shape index (κ2) is 5.26. The molecule has 1 aliphatic heterocycles. The van der Waals surface area contributed by atoms with Gasteiger partial charge in [-0.25, -0.2) is 8.42 Å². The zero-order valence-electron chi connectivity index (χ0n) is 12.7. The second-order valence-corrected chi connectivity index (χ2v) is 8.55. The topological polar surface area (TPSA) is 74.7 Å². The third-order valence-electron chi connectivity index (χ3n) is 5.22. The minimum atomic E-state index is -3.32. The number of rotatable bonds is 4. The maximum absolute atomic E-state index is 12.3. The number of carboxylic acids is 1. The molecule has 0 bridgehead atoms. The van der Waals surface area contributed by atoms with Crippen LogP contribution in [0.15, 0.2) is 29.2 Å². The van der Waals surface area contributed by atoms with E-state index in [0.717, 1.165) is 12.8 Å². The van der Waals surface area contributed by atoms with E-state index in [1.165, 1.54) is 0 Å². The molecule has 1 N–H and O–H groups in total. The van der Waals surface area contributed by atoms with E-state index in [-0.39, 0.29) is 11.7 Å². The Kier molecular flexibility index (Phi) is 3.67. The van der Waals surface area contributed by atoms with Crippen molar-refractivity contribution < 1.29 is 18.3 Å². The number of nitrogens with zero attached hydrogens (tertiary/aromatic N) is 1. The van der Waals surface area contributed by atoms with Gasteiger partial charge in [0, 0.05) is 13.1 Å². The molecule has 2 aliphatic rings. The van der Waals surface area contributed by atoms with Gasteiger partial charge < -0.3 is 10.0 Å². The summed E-state index contributed by atoms with van der Waals surface area (Å²) in [5.41, 5.74) is -0.0531. The van der Waals surface area contributed by atoms with Crippen LogP contribution in [0.4, 0.5) is 5.69 Å². The number of anilines is 1. The van der Waals surface area contributed by atoms with Crippen LogP contribution in [0.25, 0.3) is 0 Å². The molecule has 22 heavy (non-hydrogen) atoms. The molecule has 6 heteroatoms. The van der Waals surface area contributed by atoms with Gasteiger partial charge in [-0.1, -0.05) is 25.5 Å². The molecule has 2 atom stereocenters. The fraction of sp³-hybridized carbons (Fsp3) is 0.562. The Morgan fingerprint density at radius 2 is 2.14 bits per heavy atom. The van der Waals surface area contributed by atoms with Gasteiger partial charge in [-0.05, 0) is 30.9 Å². The van der Waals surface area contributed by atoms with E-state index in [1.54, 1.807) is 25.1 Å². The fourth-order valence-electron chi connectivity index (χ4n) is 3.96. The van der Waals surface area contributed by atoms with Crippen LogP contribution >= 0.6 is 0 Å². The third-order valence-corrected chi connectivity index (χ3v) is 6.99. The van der Waals surface area contributed by atoms with Crippen molar-refractivity contribution in [3.63, 3.8) is 0 Å². The number of carboxylic acid groups (broad SMARTS) is 1. The van der Waals surface area contributed by atoms with Gasteiger partial charge in [0.25, 0.3) is 0 Å². The van der Waals surface area contributed by atoms with E-state index in [4.69, 9.17) is 0 Å². The summed E-state index contributed by atoms with van der Waals surface area (Å²) >= 11 is 0. The Bertz CT molecular complexity index is 700. The van der Waals surface area contributed by atoms with Crippen LogP contribution < -0.4 is 4.90 Å². The van der Waals surface area contributed by atoms with Crippen LogP contribution in [0.1, 0.15) is 26.2 Å². The van der Waals surface area contributed by atoms with Gasteiger partial charge in [0.2, 0.25) is 0 Å².